The number of carbonyl (C=O) groups excluding carboxylic acids is 3. The number of hydrogen-bond donors (Lipinski definition) is 2. The van der Waals surface area contributed by atoms with Gasteiger partial charge in [0.1, 0.15) is 6.04 Å². The lowest BCUT2D eigenvalue weighted by Gasteiger charge is -2.25. The van der Waals surface area contributed by atoms with Gasteiger partial charge in [0, 0.05) is 24.8 Å². The first kappa shape index (κ1) is 16.0. The maximum absolute atomic E-state index is 12.2. The van der Waals surface area contributed by atoms with Crippen molar-refractivity contribution in [3.05, 3.63) is 0 Å². The summed E-state index contributed by atoms with van der Waals surface area (Å²) in [6.45, 7) is 3.58. The van der Waals surface area contributed by atoms with Crippen LogP contribution in [0.3, 0.4) is 0 Å². The number of nitrogens with zero attached hydrogens (tertiary/aromatic N) is 1. The van der Waals surface area contributed by atoms with E-state index in [1.807, 2.05) is 20.1 Å². The third kappa shape index (κ3) is 3.70. The highest BCUT2D eigenvalue weighted by Crippen LogP contribution is 2.24. The number of rotatable bonds is 6. The zero-order valence-electron chi connectivity index (χ0n) is 11.5. The lowest BCUT2D eigenvalue weighted by molar-refractivity contribution is -0.147. The van der Waals surface area contributed by atoms with E-state index in [0.717, 1.165) is 4.90 Å². The van der Waals surface area contributed by atoms with Crippen LogP contribution in [0.1, 0.15) is 20.3 Å². The molecule has 1 aliphatic rings. The summed E-state index contributed by atoms with van der Waals surface area (Å²) in [5.74, 6) is -0.705. The number of hydrogen-bond acceptors (Lipinski definition) is 5. The van der Waals surface area contributed by atoms with Gasteiger partial charge in [-0.2, -0.15) is 11.8 Å². The van der Waals surface area contributed by atoms with E-state index >= 15 is 0 Å². The topological polar surface area (TPSA) is 92.5 Å². The van der Waals surface area contributed by atoms with Crippen molar-refractivity contribution in [1.82, 2.24) is 10.2 Å². The Morgan fingerprint density at radius 3 is 2.63 bits per heavy atom. The second-order valence-electron chi connectivity index (χ2n) is 4.87. The van der Waals surface area contributed by atoms with Gasteiger partial charge in [0.05, 0.1) is 5.92 Å². The van der Waals surface area contributed by atoms with E-state index in [4.69, 9.17) is 5.73 Å². The largest absolute Gasteiger partial charge is 0.352 e. The van der Waals surface area contributed by atoms with Crippen LogP contribution in [0, 0.1) is 5.92 Å². The molecule has 0 radical (unpaired) electrons. The highest BCUT2D eigenvalue weighted by Gasteiger charge is 2.43. The molecule has 19 heavy (non-hydrogen) atoms. The number of carbonyl (C=O) groups is 3. The Bertz CT molecular complexity index is 373. The Kier molecular flexibility index (Phi) is 5.81. The van der Waals surface area contributed by atoms with E-state index in [-0.39, 0.29) is 42.6 Å². The first-order chi connectivity index (χ1) is 8.92. The summed E-state index contributed by atoms with van der Waals surface area (Å²) in [4.78, 5) is 37.1. The molecule has 0 saturated carbocycles. The highest BCUT2D eigenvalue weighted by molar-refractivity contribution is 7.98. The van der Waals surface area contributed by atoms with Crippen molar-refractivity contribution in [3.8, 4) is 0 Å². The van der Waals surface area contributed by atoms with Crippen LogP contribution in [0.5, 0.6) is 0 Å². The predicted molar refractivity (Wildman–Crippen MR) is 74.5 cm³/mol. The smallest absolute Gasteiger partial charge is 0.244 e. The molecule has 0 aromatic heterocycles. The Morgan fingerprint density at radius 1 is 1.53 bits per heavy atom. The Hall–Kier alpha value is -1.08. The molecule has 1 fully saturated rings. The third-order valence-corrected chi connectivity index (χ3v) is 3.65. The van der Waals surface area contributed by atoms with Gasteiger partial charge < -0.3 is 11.1 Å². The van der Waals surface area contributed by atoms with Gasteiger partial charge in [0.25, 0.3) is 0 Å². The number of nitrogens with two attached hydrogens (primary N) is 1. The van der Waals surface area contributed by atoms with Crippen molar-refractivity contribution in [3.63, 3.8) is 0 Å². The second kappa shape index (κ2) is 6.91. The molecule has 0 aromatic rings. The molecular weight excluding hydrogens is 266 g/mol. The highest BCUT2D eigenvalue weighted by atomic mass is 32.2. The molecule has 1 saturated heterocycles. The number of amides is 3. The van der Waals surface area contributed by atoms with Crippen molar-refractivity contribution >= 4 is 29.5 Å². The number of nitrogens with one attached hydrogen (secondary N) is 1. The molecule has 0 aliphatic carbocycles. The van der Waals surface area contributed by atoms with Crippen molar-refractivity contribution in [2.45, 2.75) is 32.4 Å². The fourth-order valence-electron chi connectivity index (χ4n) is 2.09. The maximum atomic E-state index is 12.2. The fourth-order valence-corrected chi connectivity index (χ4v) is 2.75. The van der Waals surface area contributed by atoms with Gasteiger partial charge in [0.15, 0.2) is 0 Å². The molecular formula is C12H21N3O3S. The summed E-state index contributed by atoms with van der Waals surface area (Å²) in [6.07, 6.45) is 2.05. The summed E-state index contributed by atoms with van der Waals surface area (Å²) in [7, 11) is 0. The molecule has 6 nitrogen and oxygen atoms in total. The number of likely N-dealkylation sites (tertiary alicyclic amines) is 1. The van der Waals surface area contributed by atoms with Crippen molar-refractivity contribution in [2.75, 3.05) is 18.6 Å². The van der Waals surface area contributed by atoms with Crippen molar-refractivity contribution in [2.24, 2.45) is 11.7 Å². The molecule has 2 unspecified atom stereocenters. The van der Waals surface area contributed by atoms with E-state index in [1.165, 1.54) is 11.8 Å². The zero-order chi connectivity index (χ0) is 14.6. The monoisotopic (exact) mass is 287 g/mol. The molecule has 7 heteroatoms. The molecule has 0 aromatic carbocycles. The minimum atomic E-state index is -0.894. The number of imide groups is 1. The van der Waals surface area contributed by atoms with Crippen LogP contribution in [-0.2, 0) is 14.4 Å². The van der Waals surface area contributed by atoms with Crippen LogP contribution in [0.15, 0.2) is 0 Å². The average molecular weight is 287 g/mol. The summed E-state index contributed by atoms with van der Waals surface area (Å²) in [5, 5.41) is 2.69. The van der Waals surface area contributed by atoms with Crippen LogP contribution in [-0.4, -0.2) is 53.3 Å². The summed E-state index contributed by atoms with van der Waals surface area (Å²) >= 11 is 1.51. The Morgan fingerprint density at radius 2 is 2.16 bits per heavy atom. The van der Waals surface area contributed by atoms with E-state index in [2.05, 4.69) is 5.32 Å². The molecule has 1 rings (SSSR count). The molecule has 3 amide bonds. The quantitative estimate of drug-likeness (QED) is 0.647. The SMILES string of the molecule is CSCC1CC(=O)N(C(CN)C(=O)NC(C)C)C1=O. The van der Waals surface area contributed by atoms with Gasteiger partial charge >= 0.3 is 0 Å². The van der Waals surface area contributed by atoms with Crippen LogP contribution in [0.4, 0.5) is 0 Å². The third-order valence-electron chi connectivity index (χ3n) is 2.91. The molecule has 3 N–H and O–H groups in total. The molecule has 0 bridgehead atoms. The minimum absolute atomic E-state index is 0.0536. The number of thioether (sulfide) groups is 1. The molecule has 0 spiro atoms. The van der Waals surface area contributed by atoms with E-state index in [0.29, 0.717) is 5.75 Å². The lowest BCUT2D eigenvalue weighted by Crippen LogP contribution is -2.54. The van der Waals surface area contributed by atoms with E-state index < -0.39 is 6.04 Å². The molecule has 2 atom stereocenters. The van der Waals surface area contributed by atoms with E-state index in [9.17, 15) is 14.4 Å². The van der Waals surface area contributed by atoms with Crippen molar-refractivity contribution in [1.29, 1.82) is 0 Å². The second-order valence-corrected chi connectivity index (χ2v) is 5.78. The Balaban J connectivity index is 2.83. The Labute approximate surface area is 117 Å². The normalized spacial score (nSPS) is 21.1. The molecule has 1 heterocycles. The van der Waals surface area contributed by atoms with E-state index in [1.54, 1.807) is 0 Å². The van der Waals surface area contributed by atoms with Gasteiger partial charge in [-0.15, -0.1) is 0 Å². The molecule has 108 valence electrons. The van der Waals surface area contributed by atoms with Crippen LogP contribution in [0.25, 0.3) is 0 Å². The summed E-state index contributed by atoms with van der Waals surface area (Å²) in [6, 6.07) is -0.953. The lowest BCUT2D eigenvalue weighted by atomic mass is 10.1. The van der Waals surface area contributed by atoms with Gasteiger partial charge in [-0.05, 0) is 20.1 Å². The van der Waals surface area contributed by atoms with Gasteiger partial charge in [-0.1, -0.05) is 0 Å². The molecule has 1 aliphatic heterocycles. The van der Waals surface area contributed by atoms with Gasteiger partial charge in [-0.25, -0.2) is 0 Å². The first-order valence-electron chi connectivity index (χ1n) is 6.27. The fraction of sp³-hybridized carbons (Fsp3) is 0.750. The van der Waals surface area contributed by atoms with Gasteiger partial charge in [0.2, 0.25) is 17.7 Å². The first-order valence-corrected chi connectivity index (χ1v) is 7.67. The maximum Gasteiger partial charge on any atom is 0.244 e. The standard InChI is InChI=1S/C12H21N3O3S/c1-7(2)14-11(17)9(5-13)15-10(16)4-8(6-19-3)12(15)18/h7-9H,4-6,13H2,1-3H3,(H,14,17). The van der Waals surface area contributed by atoms with Crippen molar-refractivity contribution < 1.29 is 14.4 Å². The average Bonchev–Trinajstić information content (AvgIpc) is 2.57. The summed E-state index contributed by atoms with van der Waals surface area (Å²) in [5.41, 5.74) is 5.56. The minimum Gasteiger partial charge on any atom is -0.352 e. The van der Waals surface area contributed by atoms with Crippen LogP contribution in [0.2, 0.25) is 0 Å². The summed E-state index contributed by atoms with van der Waals surface area (Å²) < 4.78 is 0. The zero-order valence-corrected chi connectivity index (χ0v) is 12.3. The van der Waals surface area contributed by atoms with Gasteiger partial charge in [-0.3, -0.25) is 19.3 Å². The predicted octanol–water partition coefficient (Wildman–Crippen LogP) is -0.424. The van der Waals surface area contributed by atoms with Crippen LogP contribution >= 0.6 is 11.8 Å². The van der Waals surface area contributed by atoms with Crippen LogP contribution < -0.4 is 11.1 Å².